The van der Waals surface area contributed by atoms with Crippen LogP contribution in [0.2, 0.25) is 5.02 Å². The normalized spacial score (nSPS) is 15.7. The van der Waals surface area contributed by atoms with Crippen LogP contribution in [0, 0.1) is 0 Å². The lowest BCUT2D eigenvalue weighted by Crippen LogP contribution is -2.29. The summed E-state index contributed by atoms with van der Waals surface area (Å²) in [6.45, 7) is -0.191. The van der Waals surface area contributed by atoms with Gasteiger partial charge in [-0.1, -0.05) is 47.6 Å². The Hall–Kier alpha value is -2.84. The number of ether oxygens (including phenoxy) is 1. The summed E-state index contributed by atoms with van der Waals surface area (Å²) in [5.74, 6) is -0.687. The van der Waals surface area contributed by atoms with Crippen LogP contribution in [0.4, 0.5) is 4.79 Å². The molecule has 0 aliphatic carbocycles. The number of thioether (sulfide) groups is 1. The molecule has 0 saturated carbocycles. The van der Waals surface area contributed by atoms with Crippen molar-refractivity contribution in [3.8, 4) is 5.75 Å². The molecule has 1 saturated heterocycles. The van der Waals surface area contributed by atoms with Crippen LogP contribution in [0.1, 0.15) is 26.3 Å². The van der Waals surface area contributed by atoms with Crippen LogP contribution in [0.5, 0.6) is 5.75 Å². The highest BCUT2D eigenvalue weighted by molar-refractivity contribution is 8.15. The van der Waals surface area contributed by atoms with Gasteiger partial charge in [0.1, 0.15) is 5.75 Å². The lowest BCUT2D eigenvalue weighted by Gasteiger charge is -2.10. The lowest BCUT2D eigenvalue weighted by molar-refractivity contribution is -0.118. The molecular formula is C20H17ClN2O5S. The first-order valence-corrected chi connectivity index (χ1v) is 9.88. The summed E-state index contributed by atoms with van der Waals surface area (Å²) in [4.78, 5) is 47.6. The van der Waals surface area contributed by atoms with Gasteiger partial charge in [0.2, 0.25) is 5.91 Å². The molecule has 3 amide bonds. The number of benzene rings is 2. The number of carbonyl (C=O) groups excluding carboxylic acids is 4. The van der Waals surface area contributed by atoms with Crippen molar-refractivity contribution in [1.29, 1.82) is 0 Å². The van der Waals surface area contributed by atoms with Crippen LogP contribution in [-0.4, -0.2) is 41.7 Å². The number of nitrogens with one attached hydrogen (secondary N) is 2. The molecule has 29 heavy (non-hydrogen) atoms. The number of hydrogen-bond acceptors (Lipinski definition) is 6. The molecule has 1 atom stereocenters. The third-order valence-corrected chi connectivity index (χ3v) is 5.50. The SMILES string of the molecule is COc1ccc(Cl)cc1C(=O)NCC(=O)c1ccc(C[C@@H]2SC(=O)NC2=O)cc1. The van der Waals surface area contributed by atoms with Gasteiger partial charge < -0.3 is 10.1 Å². The highest BCUT2D eigenvalue weighted by atomic mass is 35.5. The minimum absolute atomic E-state index is 0.191. The molecule has 150 valence electrons. The topological polar surface area (TPSA) is 102 Å². The van der Waals surface area contributed by atoms with Gasteiger partial charge in [-0.2, -0.15) is 0 Å². The number of ketones is 1. The molecule has 2 N–H and O–H groups in total. The number of imide groups is 1. The minimum Gasteiger partial charge on any atom is -0.496 e. The Kier molecular flexibility index (Phi) is 6.56. The predicted octanol–water partition coefficient (Wildman–Crippen LogP) is 2.86. The Morgan fingerprint density at radius 1 is 1.17 bits per heavy atom. The quantitative estimate of drug-likeness (QED) is 0.652. The van der Waals surface area contributed by atoms with E-state index in [1.54, 1.807) is 36.4 Å². The second kappa shape index (κ2) is 9.11. The molecule has 0 bridgehead atoms. The van der Waals surface area contributed by atoms with E-state index in [1.807, 2.05) is 0 Å². The molecule has 7 nitrogen and oxygen atoms in total. The number of carbonyl (C=O) groups is 4. The zero-order valence-electron chi connectivity index (χ0n) is 15.4. The first-order valence-electron chi connectivity index (χ1n) is 8.62. The summed E-state index contributed by atoms with van der Waals surface area (Å²) in [7, 11) is 1.44. The summed E-state index contributed by atoms with van der Waals surface area (Å²) in [5.41, 5.74) is 1.49. The Morgan fingerprint density at radius 3 is 2.52 bits per heavy atom. The van der Waals surface area contributed by atoms with Crippen LogP contribution in [0.3, 0.4) is 0 Å². The van der Waals surface area contributed by atoms with Crippen molar-refractivity contribution < 1.29 is 23.9 Å². The van der Waals surface area contributed by atoms with Crippen LogP contribution >= 0.6 is 23.4 Å². The van der Waals surface area contributed by atoms with E-state index in [0.717, 1.165) is 17.3 Å². The maximum absolute atomic E-state index is 12.4. The molecule has 2 aromatic carbocycles. The van der Waals surface area contributed by atoms with E-state index in [0.29, 0.717) is 22.8 Å². The monoisotopic (exact) mass is 432 g/mol. The molecule has 1 fully saturated rings. The third-order valence-electron chi connectivity index (χ3n) is 4.28. The van der Waals surface area contributed by atoms with Gasteiger partial charge >= 0.3 is 0 Å². The molecule has 1 heterocycles. The average Bonchev–Trinajstić information content (AvgIpc) is 3.03. The summed E-state index contributed by atoms with van der Waals surface area (Å²) in [6.07, 6.45) is 0.391. The van der Waals surface area contributed by atoms with Crippen LogP contribution < -0.4 is 15.4 Å². The lowest BCUT2D eigenvalue weighted by atomic mass is 10.0. The van der Waals surface area contributed by atoms with Crippen LogP contribution in [0.25, 0.3) is 0 Å². The van der Waals surface area contributed by atoms with Gasteiger partial charge in [0.15, 0.2) is 5.78 Å². The van der Waals surface area contributed by atoms with Crippen molar-refractivity contribution in [2.75, 3.05) is 13.7 Å². The number of methoxy groups -OCH3 is 1. The molecule has 9 heteroatoms. The number of rotatable bonds is 7. The Morgan fingerprint density at radius 2 is 1.90 bits per heavy atom. The van der Waals surface area contributed by atoms with Crippen molar-refractivity contribution in [3.05, 3.63) is 64.2 Å². The first kappa shape index (κ1) is 20.9. The van der Waals surface area contributed by atoms with Crippen molar-refractivity contribution in [1.82, 2.24) is 10.6 Å². The second-order valence-corrected chi connectivity index (χ2v) is 7.85. The number of halogens is 1. The third kappa shape index (κ3) is 5.16. The minimum atomic E-state index is -0.469. The van der Waals surface area contributed by atoms with E-state index in [4.69, 9.17) is 16.3 Å². The van der Waals surface area contributed by atoms with Gasteiger partial charge in [0.05, 0.1) is 24.5 Å². The van der Waals surface area contributed by atoms with Crippen LogP contribution in [0.15, 0.2) is 42.5 Å². The Bertz CT molecular complexity index is 977. The molecule has 0 spiro atoms. The van der Waals surface area contributed by atoms with Crippen molar-refractivity contribution in [3.63, 3.8) is 0 Å². The van der Waals surface area contributed by atoms with Crippen molar-refractivity contribution in [2.24, 2.45) is 0 Å². The van der Waals surface area contributed by atoms with Gasteiger partial charge in [-0.25, -0.2) is 0 Å². The number of hydrogen-bond donors (Lipinski definition) is 2. The Labute approximate surface area is 176 Å². The predicted molar refractivity (Wildman–Crippen MR) is 110 cm³/mol. The smallest absolute Gasteiger partial charge is 0.286 e. The fraction of sp³-hybridized carbons (Fsp3) is 0.200. The molecular weight excluding hydrogens is 416 g/mol. The molecule has 0 radical (unpaired) electrons. The maximum atomic E-state index is 12.4. The first-order chi connectivity index (χ1) is 13.9. The van der Waals surface area contributed by atoms with Gasteiger partial charge in [-0.15, -0.1) is 0 Å². The highest BCUT2D eigenvalue weighted by Crippen LogP contribution is 2.24. The zero-order chi connectivity index (χ0) is 21.0. The average molecular weight is 433 g/mol. The van der Waals surface area contributed by atoms with Crippen molar-refractivity contribution >= 4 is 46.2 Å². The fourth-order valence-corrected chi connectivity index (χ4v) is 3.82. The maximum Gasteiger partial charge on any atom is 0.286 e. The standard InChI is InChI=1S/C20H17ClN2O5S/c1-28-16-7-6-13(21)9-14(16)18(25)22-10-15(24)12-4-2-11(3-5-12)8-17-19(26)23-20(27)29-17/h2-7,9,17H,8,10H2,1H3,(H,22,25)(H,23,26,27)/t17-/m0/s1. The molecule has 3 rings (SSSR count). The van der Waals surface area contributed by atoms with Gasteiger partial charge in [0.25, 0.3) is 11.1 Å². The largest absolute Gasteiger partial charge is 0.496 e. The van der Waals surface area contributed by atoms with Gasteiger partial charge in [-0.3, -0.25) is 24.5 Å². The molecule has 0 unspecified atom stereocenters. The molecule has 0 aromatic heterocycles. The van der Waals surface area contributed by atoms with E-state index < -0.39 is 11.2 Å². The number of amides is 3. The molecule has 1 aliphatic heterocycles. The van der Waals surface area contributed by atoms with Crippen LogP contribution in [-0.2, 0) is 11.2 Å². The van der Waals surface area contributed by atoms with E-state index in [1.165, 1.54) is 13.2 Å². The van der Waals surface area contributed by atoms with E-state index in [2.05, 4.69) is 10.6 Å². The zero-order valence-corrected chi connectivity index (χ0v) is 16.9. The van der Waals surface area contributed by atoms with E-state index in [9.17, 15) is 19.2 Å². The summed E-state index contributed by atoms with van der Waals surface area (Å²) in [5, 5.41) is 4.38. The fourth-order valence-electron chi connectivity index (χ4n) is 2.78. The van der Waals surface area contributed by atoms with Crippen molar-refractivity contribution in [2.45, 2.75) is 11.7 Å². The van der Waals surface area contributed by atoms with Gasteiger partial charge in [0, 0.05) is 10.6 Å². The molecule has 1 aliphatic rings. The van der Waals surface area contributed by atoms with Gasteiger partial charge in [-0.05, 0) is 30.2 Å². The highest BCUT2D eigenvalue weighted by Gasteiger charge is 2.31. The van der Waals surface area contributed by atoms with E-state index in [-0.39, 0.29) is 29.0 Å². The number of Topliss-reactive ketones (excluding diaryl/α,β-unsaturated/α-hetero) is 1. The summed E-state index contributed by atoms with van der Waals surface area (Å²) < 4.78 is 5.14. The molecule has 2 aromatic rings. The second-order valence-electron chi connectivity index (χ2n) is 6.23. The Balaban J connectivity index is 1.58. The summed E-state index contributed by atoms with van der Waals surface area (Å²) in [6, 6.07) is 11.4. The van der Waals surface area contributed by atoms with E-state index >= 15 is 0 Å². The summed E-state index contributed by atoms with van der Waals surface area (Å²) >= 11 is 6.88.